The van der Waals surface area contributed by atoms with E-state index in [1.54, 1.807) is 11.4 Å². The lowest BCUT2D eigenvalue weighted by Gasteiger charge is -2.28. The number of carbonyl (C=O) groups is 1. The van der Waals surface area contributed by atoms with Crippen LogP contribution >= 0.6 is 0 Å². The van der Waals surface area contributed by atoms with Gasteiger partial charge in [0.25, 0.3) is 0 Å². The number of nitrogens with one attached hydrogen (secondary N) is 1. The number of carbonyl (C=O) groups excluding carboxylic acids is 1. The second-order valence-corrected chi connectivity index (χ2v) is 12.4. The molecule has 0 radical (unpaired) electrons. The first-order chi connectivity index (χ1) is 17.4. The summed E-state index contributed by atoms with van der Waals surface area (Å²) in [4.78, 5) is 14.6. The Morgan fingerprint density at radius 2 is 1.67 bits per heavy atom. The fourth-order valence-corrected chi connectivity index (χ4v) is 7.51. The topological polar surface area (TPSA) is 79.0 Å². The van der Waals surface area contributed by atoms with Crippen molar-refractivity contribution in [1.82, 2.24) is 14.5 Å². The average Bonchev–Trinajstić information content (AvgIpc) is 3.58. The van der Waals surface area contributed by atoms with Gasteiger partial charge in [0.1, 0.15) is 10.6 Å². The zero-order chi connectivity index (χ0) is 25.1. The molecule has 2 heterocycles. The highest BCUT2D eigenvalue weighted by atomic mass is 32.2. The van der Waals surface area contributed by atoms with E-state index in [0.717, 1.165) is 57.2 Å². The van der Waals surface area contributed by atoms with Crippen molar-refractivity contribution in [1.29, 1.82) is 0 Å². The summed E-state index contributed by atoms with van der Waals surface area (Å²) in [5, 5.41) is 2.75. The maximum Gasteiger partial charge on any atom is 0.246 e. The summed E-state index contributed by atoms with van der Waals surface area (Å²) in [6, 6.07) is 14.1. The van der Waals surface area contributed by atoms with Crippen molar-refractivity contribution in [2.45, 2.75) is 63.1 Å². The Bertz CT molecular complexity index is 1160. The SMILES string of the molecule is CNC(=O)C1CCC(COc2ccc(CN3Cc4ccccc4C3)cc2S(=O)(=O)N2CCCC2)CC1. The monoisotopic (exact) mass is 511 g/mol. The van der Waals surface area contributed by atoms with E-state index in [9.17, 15) is 13.2 Å². The van der Waals surface area contributed by atoms with Gasteiger partial charge in [-0.05, 0) is 73.3 Å². The fourth-order valence-electron chi connectivity index (χ4n) is 5.82. The molecule has 7 nitrogen and oxygen atoms in total. The predicted octanol–water partition coefficient (Wildman–Crippen LogP) is 3.92. The standard InChI is InChI=1S/C28H37N3O4S/c1-29-28(32)23-11-8-21(9-12-23)20-35-26-13-10-22(16-27(26)36(33,34)31-14-4-5-15-31)17-30-18-24-6-2-3-7-25(24)19-30/h2-3,6-7,10,13,16,21,23H,4-5,8-9,11-12,14-15,17-20H2,1H3,(H,29,32). The molecule has 36 heavy (non-hydrogen) atoms. The van der Waals surface area contributed by atoms with Crippen molar-refractivity contribution in [2.24, 2.45) is 11.8 Å². The summed E-state index contributed by atoms with van der Waals surface area (Å²) in [5.74, 6) is 0.971. The Hall–Kier alpha value is -2.42. The molecule has 8 heteroatoms. The molecule has 5 rings (SSSR count). The molecule has 1 saturated heterocycles. The first-order valence-corrected chi connectivity index (χ1v) is 14.6. The van der Waals surface area contributed by atoms with Crippen LogP contribution in [-0.2, 0) is 34.5 Å². The van der Waals surface area contributed by atoms with Gasteiger partial charge in [-0.3, -0.25) is 9.69 Å². The van der Waals surface area contributed by atoms with Crippen LogP contribution in [0.1, 0.15) is 55.2 Å². The maximum atomic E-state index is 13.6. The second kappa shape index (κ2) is 10.9. The third-order valence-electron chi connectivity index (χ3n) is 7.94. The van der Waals surface area contributed by atoms with Crippen molar-refractivity contribution in [3.05, 3.63) is 59.2 Å². The molecule has 0 atom stereocenters. The molecule has 1 aliphatic carbocycles. The summed E-state index contributed by atoms with van der Waals surface area (Å²) in [6.07, 6.45) is 5.33. The average molecular weight is 512 g/mol. The predicted molar refractivity (Wildman–Crippen MR) is 139 cm³/mol. The lowest BCUT2D eigenvalue weighted by atomic mass is 9.82. The zero-order valence-electron chi connectivity index (χ0n) is 21.1. The number of ether oxygens (including phenoxy) is 1. The van der Waals surface area contributed by atoms with Crippen LogP contribution in [0.25, 0.3) is 0 Å². The smallest absolute Gasteiger partial charge is 0.246 e. The minimum Gasteiger partial charge on any atom is -0.492 e. The summed E-state index contributed by atoms with van der Waals surface area (Å²) in [5.41, 5.74) is 3.67. The molecular formula is C28H37N3O4S. The molecule has 2 fully saturated rings. The van der Waals surface area contributed by atoms with Crippen LogP contribution in [0.4, 0.5) is 0 Å². The number of benzene rings is 2. The van der Waals surface area contributed by atoms with Gasteiger partial charge in [0.2, 0.25) is 15.9 Å². The molecule has 1 N–H and O–H groups in total. The number of rotatable bonds is 8. The third kappa shape index (κ3) is 5.45. The molecule has 1 saturated carbocycles. The highest BCUT2D eigenvalue weighted by molar-refractivity contribution is 7.89. The van der Waals surface area contributed by atoms with Gasteiger partial charge in [0.05, 0.1) is 6.61 Å². The number of hydrogen-bond donors (Lipinski definition) is 1. The van der Waals surface area contributed by atoms with Gasteiger partial charge in [-0.25, -0.2) is 8.42 Å². The van der Waals surface area contributed by atoms with Gasteiger partial charge < -0.3 is 10.1 Å². The first kappa shape index (κ1) is 25.2. The minimum atomic E-state index is -3.62. The fraction of sp³-hybridized carbons (Fsp3) is 0.536. The van der Waals surface area contributed by atoms with Crippen molar-refractivity contribution in [3.8, 4) is 5.75 Å². The number of amides is 1. The van der Waals surface area contributed by atoms with Crippen molar-refractivity contribution >= 4 is 15.9 Å². The Morgan fingerprint density at radius 1 is 1.00 bits per heavy atom. The van der Waals surface area contributed by atoms with E-state index in [0.29, 0.717) is 37.9 Å². The summed E-state index contributed by atoms with van der Waals surface area (Å²) < 4.78 is 35.0. The number of nitrogens with zero attached hydrogens (tertiary/aromatic N) is 2. The van der Waals surface area contributed by atoms with Crippen LogP contribution in [0.2, 0.25) is 0 Å². The van der Waals surface area contributed by atoms with E-state index >= 15 is 0 Å². The molecule has 1 amide bonds. The van der Waals surface area contributed by atoms with E-state index in [1.165, 1.54) is 11.1 Å². The molecule has 2 aromatic rings. The van der Waals surface area contributed by atoms with Crippen LogP contribution in [0, 0.1) is 11.8 Å². The third-order valence-corrected chi connectivity index (χ3v) is 9.86. The van der Waals surface area contributed by atoms with Gasteiger partial charge in [-0.15, -0.1) is 0 Å². The van der Waals surface area contributed by atoms with Crippen LogP contribution < -0.4 is 10.1 Å². The number of hydrogen-bond acceptors (Lipinski definition) is 5. The van der Waals surface area contributed by atoms with Crippen molar-refractivity contribution < 1.29 is 17.9 Å². The summed E-state index contributed by atoms with van der Waals surface area (Å²) in [7, 11) is -1.93. The minimum absolute atomic E-state index is 0.0772. The Kier molecular flexibility index (Phi) is 7.65. The van der Waals surface area contributed by atoms with Gasteiger partial charge in [0.15, 0.2) is 0 Å². The first-order valence-electron chi connectivity index (χ1n) is 13.2. The Morgan fingerprint density at radius 3 is 2.31 bits per heavy atom. The van der Waals surface area contributed by atoms with E-state index in [1.807, 2.05) is 18.2 Å². The molecule has 0 aromatic heterocycles. The van der Waals surface area contributed by atoms with E-state index in [2.05, 4.69) is 34.5 Å². The quantitative estimate of drug-likeness (QED) is 0.581. The molecule has 194 valence electrons. The summed E-state index contributed by atoms with van der Waals surface area (Å²) >= 11 is 0. The van der Waals surface area contributed by atoms with Crippen molar-refractivity contribution in [3.63, 3.8) is 0 Å². The van der Waals surface area contributed by atoms with Crippen LogP contribution in [0.3, 0.4) is 0 Å². The van der Waals surface area contributed by atoms with Gasteiger partial charge >= 0.3 is 0 Å². The normalized spacial score (nSPS) is 22.9. The maximum absolute atomic E-state index is 13.6. The Balaban J connectivity index is 1.30. The van der Waals surface area contributed by atoms with Crippen LogP contribution in [0.15, 0.2) is 47.4 Å². The molecule has 0 bridgehead atoms. The van der Waals surface area contributed by atoms with E-state index in [4.69, 9.17) is 4.74 Å². The van der Waals surface area contributed by atoms with Crippen LogP contribution in [-0.4, -0.2) is 50.3 Å². The largest absolute Gasteiger partial charge is 0.492 e. The lowest BCUT2D eigenvalue weighted by Crippen LogP contribution is -2.32. The van der Waals surface area contributed by atoms with Gasteiger partial charge in [-0.1, -0.05) is 30.3 Å². The van der Waals surface area contributed by atoms with Gasteiger partial charge in [-0.2, -0.15) is 4.31 Å². The molecule has 0 unspecified atom stereocenters. The second-order valence-electron chi connectivity index (χ2n) is 10.4. The van der Waals surface area contributed by atoms with E-state index in [-0.39, 0.29) is 16.7 Å². The molecule has 2 aromatic carbocycles. The molecular weight excluding hydrogens is 474 g/mol. The number of sulfonamides is 1. The molecule has 2 aliphatic heterocycles. The van der Waals surface area contributed by atoms with E-state index < -0.39 is 10.0 Å². The highest BCUT2D eigenvalue weighted by Crippen LogP contribution is 2.34. The highest BCUT2D eigenvalue weighted by Gasteiger charge is 2.32. The van der Waals surface area contributed by atoms with Crippen molar-refractivity contribution in [2.75, 3.05) is 26.7 Å². The lowest BCUT2D eigenvalue weighted by molar-refractivity contribution is -0.125. The molecule has 3 aliphatic rings. The molecule has 0 spiro atoms. The van der Waals surface area contributed by atoms with Crippen LogP contribution in [0.5, 0.6) is 5.75 Å². The van der Waals surface area contributed by atoms with Gasteiger partial charge in [0, 0.05) is 45.7 Å². The zero-order valence-corrected chi connectivity index (χ0v) is 21.9. The Labute approximate surface area is 214 Å². The summed E-state index contributed by atoms with van der Waals surface area (Å²) in [6.45, 7) is 4.06. The number of fused-ring (bicyclic) bond motifs is 1.